The maximum Gasteiger partial charge on any atom is 0.312 e. The summed E-state index contributed by atoms with van der Waals surface area (Å²) in [5.74, 6) is 0.216. The molecule has 0 amide bonds. The molecular formula is C13H18N6O2. The van der Waals surface area contributed by atoms with Crippen molar-refractivity contribution in [1.29, 1.82) is 5.26 Å². The molecule has 8 nitrogen and oxygen atoms in total. The highest BCUT2D eigenvalue weighted by molar-refractivity contribution is 5.58. The number of nitriles is 1. The Labute approximate surface area is 123 Å². The summed E-state index contributed by atoms with van der Waals surface area (Å²) in [4.78, 5) is 19.0. The third-order valence-corrected chi connectivity index (χ3v) is 3.51. The maximum atomic E-state index is 11.0. The van der Waals surface area contributed by atoms with Crippen LogP contribution in [0.3, 0.4) is 0 Å². The molecular weight excluding hydrogens is 272 g/mol. The van der Waals surface area contributed by atoms with E-state index in [0.29, 0.717) is 6.54 Å². The number of likely N-dealkylation sites (N-methyl/N-ethyl adjacent to an activating group) is 1. The minimum atomic E-state index is -0.522. The van der Waals surface area contributed by atoms with Gasteiger partial charge in [0.2, 0.25) is 5.82 Å². The van der Waals surface area contributed by atoms with Crippen LogP contribution in [0.2, 0.25) is 0 Å². The molecule has 1 fully saturated rings. The number of nitrogens with zero attached hydrogens (tertiary/aromatic N) is 5. The molecule has 0 aliphatic carbocycles. The topological polar surface area (TPSA) is 98.3 Å². The van der Waals surface area contributed by atoms with Gasteiger partial charge in [0.1, 0.15) is 6.07 Å². The summed E-state index contributed by atoms with van der Waals surface area (Å²) in [6, 6.07) is 3.10. The minimum absolute atomic E-state index is 0.160. The van der Waals surface area contributed by atoms with E-state index >= 15 is 0 Å². The lowest BCUT2D eigenvalue weighted by Gasteiger charge is -2.32. The molecule has 21 heavy (non-hydrogen) atoms. The predicted molar refractivity (Wildman–Crippen MR) is 78.0 cm³/mol. The summed E-state index contributed by atoms with van der Waals surface area (Å²) in [6.45, 7) is 5.48. The fourth-order valence-corrected chi connectivity index (χ4v) is 2.19. The summed E-state index contributed by atoms with van der Waals surface area (Å²) >= 11 is 0. The highest BCUT2D eigenvalue weighted by atomic mass is 16.6. The first kappa shape index (κ1) is 15.2. The number of hydrogen-bond acceptors (Lipinski definition) is 7. The Morgan fingerprint density at radius 2 is 2.19 bits per heavy atom. The Bertz CT molecular complexity index is 548. The molecule has 0 saturated carbocycles. The maximum absolute atomic E-state index is 11.0. The molecule has 1 saturated heterocycles. The van der Waals surface area contributed by atoms with E-state index in [-0.39, 0.29) is 17.1 Å². The zero-order chi connectivity index (χ0) is 15.2. The van der Waals surface area contributed by atoms with E-state index in [9.17, 15) is 10.1 Å². The number of pyridine rings is 1. The van der Waals surface area contributed by atoms with Crippen LogP contribution < -0.4 is 5.32 Å². The van der Waals surface area contributed by atoms with E-state index in [2.05, 4.69) is 27.1 Å². The normalized spacial score (nSPS) is 16.4. The van der Waals surface area contributed by atoms with Gasteiger partial charge in [-0.15, -0.1) is 0 Å². The van der Waals surface area contributed by atoms with Gasteiger partial charge in [0.15, 0.2) is 0 Å². The van der Waals surface area contributed by atoms with Gasteiger partial charge < -0.3 is 10.2 Å². The largest absolute Gasteiger partial charge is 0.363 e. The van der Waals surface area contributed by atoms with E-state index in [1.54, 1.807) is 0 Å². The molecule has 0 bridgehead atoms. The lowest BCUT2D eigenvalue weighted by atomic mass is 10.2. The van der Waals surface area contributed by atoms with Crippen LogP contribution in [0.5, 0.6) is 0 Å². The number of anilines is 1. The van der Waals surface area contributed by atoms with Crippen LogP contribution in [0.4, 0.5) is 11.5 Å². The molecule has 2 rings (SSSR count). The van der Waals surface area contributed by atoms with Crippen LogP contribution >= 0.6 is 0 Å². The van der Waals surface area contributed by atoms with E-state index < -0.39 is 4.92 Å². The monoisotopic (exact) mass is 290 g/mol. The van der Waals surface area contributed by atoms with E-state index in [1.807, 2.05) is 6.07 Å². The van der Waals surface area contributed by atoms with Crippen molar-refractivity contribution in [3.05, 3.63) is 27.9 Å². The molecule has 0 spiro atoms. The average molecular weight is 290 g/mol. The fraction of sp³-hybridized carbons (Fsp3) is 0.538. The molecule has 0 radical (unpaired) electrons. The van der Waals surface area contributed by atoms with Gasteiger partial charge >= 0.3 is 5.69 Å². The van der Waals surface area contributed by atoms with Crippen LogP contribution in [0, 0.1) is 21.4 Å². The zero-order valence-electron chi connectivity index (χ0n) is 11.9. The van der Waals surface area contributed by atoms with Gasteiger partial charge in [0, 0.05) is 51.5 Å². The Morgan fingerprint density at radius 3 is 2.81 bits per heavy atom. The van der Waals surface area contributed by atoms with Gasteiger partial charge in [-0.3, -0.25) is 15.0 Å². The fourth-order valence-electron chi connectivity index (χ4n) is 2.19. The van der Waals surface area contributed by atoms with E-state index in [0.717, 1.165) is 32.7 Å². The van der Waals surface area contributed by atoms with Crippen LogP contribution in [0.1, 0.15) is 5.56 Å². The first-order chi connectivity index (χ1) is 10.1. The molecule has 2 heterocycles. The molecule has 0 aromatic carbocycles. The number of aromatic nitrogens is 1. The van der Waals surface area contributed by atoms with Gasteiger partial charge in [0.25, 0.3) is 0 Å². The second kappa shape index (κ2) is 6.97. The van der Waals surface area contributed by atoms with Crippen LogP contribution in [0.25, 0.3) is 0 Å². The smallest absolute Gasteiger partial charge is 0.312 e. The Balaban J connectivity index is 1.91. The zero-order valence-corrected chi connectivity index (χ0v) is 11.9. The highest BCUT2D eigenvalue weighted by Gasteiger charge is 2.17. The minimum Gasteiger partial charge on any atom is -0.363 e. The lowest BCUT2D eigenvalue weighted by Crippen LogP contribution is -2.45. The molecule has 0 atom stereocenters. The lowest BCUT2D eigenvalue weighted by molar-refractivity contribution is -0.384. The van der Waals surface area contributed by atoms with Gasteiger partial charge in [-0.25, -0.2) is 4.98 Å². The molecule has 1 aliphatic heterocycles. The number of hydrogen-bond donors (Lipinski definition) is 1. The molecule has 0 unspecified atom stereocenters. The van der Waals surface area contributed by atoms with Crippen LogP contribution in [-0.2, 0) is 0 Å². The van der Waals surface area contributed by atoms with Crippen molar-refractivity contribution in [1.82, 2.24) is 14.8 Å². The summed E-state index contributed by atoms with van der Waals surface area (Å²) < 4.78 is 0. The molecule has 1 aliphatic rings. The number of piperazine rings is 1. The standard InChI is InChI=1S/C13H18N6O2/c1-17-4-6-18(7-5-17)3-2-15-13-12(19(20)21)8-11(9-14)10-16-13/h8,10H,2-7H2,1H3,(H,15,16). The Morgan fingerprint density at radius 1 is 1.48 bits per heavy atom. The summed E-state index contributed by atoms with van der Waals surface area (Å²) in [5, 5.41) is 22.7. The number of nitro groups is 1. The van der Waals surface area contributed by atoms with E-state index in [1.165, 1.54) is 12.3 Å². The quantitative estimate of drug-likeness (QED) is 0.623. The summed E-state index contributed by atoms with van der Waals surface area (Å²) in [5.41, 5.74) is 0.0266. The number of rotatable bonds is 5. The second-order valence-corrected chi connectivity index (χ2v) is 5.03. The van der Waals surface area contributed by atoms with Crippen molar-refractivity contribution in [3.63, 3.8) is 0 Å². The van der Waals surface area contributed by atoms with Crippen molar-refractivity contribution in [3.8, 4) is 6.07 Å². The SMILES string of the molecule is CN1CCN(CCNc2ncc(C#N)cc2[N+](=O)[O-])CC1. The number of nitrogens with one attached hydrogen (secondary N) is 1. The first-order valence-corrected chi connectivity index (χ1v) is 6.79. The van der Waals surface area contributed by atoms with Crippen molar-refractivity contribution in [2.24, 2.45) is 0 Å². The van der Waals surface area contributed by atoms with Gasteiger partial charge in [-0.2, -0.15) is 5.26 Å². The van der Waals surface area contributed by atoms with Gasteiger partial charge in [0.05, 0.1) is 10.5 Å². The first-order valence-electron chi connectivity index (χ1n) is 6.79. The molecule has 1 aromatic heterocycles. The third-order valence-electron chi connectivity index (χ3n) is 3.51. The molecule has 1 N–H and O–H groups in total. The molecule has 1 aromatic rings. The van der Waals surface area contributed by atoms with Crippen molar-refractivity contribution >= 4 is 11.5 Å². The molecule has 112 valence electrons. The van der Waals surface area contributed by atoms with Gasteiger partial charge in [-0.05, 0) is 7.05 Å². The summed E-state index contributed by atoms with van der Waals surface area (Å²) in [6.07, 6.45) is 1.34. The van der Waals surface area contributed by atoms with Crippen LogP contribution in [-0.4, -0.2) is 66.0 Å². The summed E-state index contributed by atoms with van der Waals surface area (Å²) in [7, 11) is 2.10. The van der Waals surface area contributed by atoms with Crippen molar-refractivity contribution in [2.45, 2.75) is 0 Å². The van der Waals surface area contributed by atoms with Crippen molar-refractivity contribution < 1.29 is 4.92 Å². The second-order valence-electron chi connectivity index (χ2n) is 5.03. The van der Waals surface area contributed by atoms with Crippen LogP contribution in [0.15, 0.2) is 12.3 Å². The predicted octanol–water partition coefficient (Wildman–Crippen LogP) is 0.521. The Kier molecular flexibility index (Phi) is 5.03. The third kappa shape index (κ3) is 4.11. The Hall–Kier alpha value is -2.24. The van der Waals surface area contributed by atoms with Gasteiger partial charge in [-0.1, -0.05) is 0 Å². The highest BCUT2D eigenvalue weighted by Crippen LogP contribution is 2.22. The molecule has 8 heteroatoms. The average Bonchev–Trinajstić information content (AvgIpc) is 2.49. The van der Waals surface area contributed by atoms with E-state index in [4.69, 9.17) is 5.26 Å². The van der Waals surface area contributed by atoms with Crippen molar-refractivity contribution in [2.75, 3.05) is 51.6 Å².